The highest BCUT2D eigenvalue weighted by Crippen LogP contribution is 2.32. The van der Waals surface area contributed by atoms with Crippen LogP contribution in [0.5, 0.6) is 11.5 Å². The Morgan fingerprint density at radius 2 is 1.90 bits per heavy atom. The van der Waals surface area contributed by atoms with E-state index in [1.807, 2.05) is 18.2 Å². The number of rotatable bonds is 8. The predicted octanol–water partition coefficient (Wildman–Crippen LogP) is 3.02. The zero-order chi connectivity index (χ0) is 22.1. The highest BCUT2D eigenvalue weighted by Gasteiger charge is 2.12. The van der Waals surface area contributed by atoms with Gasteiger partial charge < -0.3 is 20.1 Å². The van der Waals surface area contributed by atoms with E-state index in [9.17, 15) is 12.8 Å². The summed E-state index contributed by atoms with van der Waals surface area (Å²) >= 11 is 0. The molecule has 31 heavy (non-hydrogen) atoms. The van der Waals surface area contributed by atoms with Crippen molar-refractivity contribution in [1.29, 1.82) is 0 Å². The number of sulfone groups is 1. The molecule has 0 saturated carbocycles. The lowest BCUT2D eigenvalue weighted by molar-refractivity contribution is 0.297. The summed E-state index contributed by atoms with van der Waals surface area (Å²) in [5, 5.41) is 6.32. The molecule has 168 valence electrons. The van der Waals surface area contributed by atoms with Gasteiger partial charge in [0.15, 0.2) is 27.3 Å². The molecule has 1 aliphatic rings. The van der Waals surface area contributed by atoms with Crippen molar-refractivity contribution >= 4 is 21.5 Å². The van der Waals surface area contributed by atoms with Gasteiger partial charge in [0.1, 0.15) is 5.82 Å². The molecule has 2 aromatic carbocycles. The number of ether oxygens (including phenoxy) is 2. The molecule has 9 heteroatoms. The Balaban J connectivity index is 1.69. The van der Waals surface area contributed by atoms with Gasteiger partial charge in [-0.3, -0.25) is 4.99 Å². The van der Waals surface area contributed by atoms with Gasteiger partial charge in [0, 0.05) is 30.5 Å². The number of benzene rings is 2. The fourth-order valence-corrected chi connectivity index (χ4v) is 3.63. The normalized spacial score (nSPS) is 14.1. The van der Waals surface area contributed by atoms with Crippen LogP contribution in [0.2, 0.25) is 0 Å². The molecule has 0 radical (unpaired) electrons. The van der Waals surface area contributed by atoms with Gasteiger partial charge in [-0.25, -0.2) is 12.8 Å². The van der Waals surface area contributed by atoms with Crippen molar-refractivity contribution in [2.75, 3.05) is 43.1 Å². The number of anilines is 1. The molecule has 0 unspecified atom stereocenters. The quantitative estimate of drug-likeness (QED) is 0.476. The summed E-state index contributed by atoms with van der Waals surface area (Å²) in [5.41, 5.74) is 1.32. The smallest absolute Gasteiger partial charge is 0.195 e. The Bertz CT molecular complexity index is 1010. The molecule has 0 aliphatic carbocycles. The lowest BCUT2D eigenvalue weighted by Crippen LogP contribution is -2.33. The number of halogens is 1. The fraction of sp³-hybridized carbons (Fsp3) is 0.409. The van der Waals surface area contributed by atoms with E-state index < -0.39 is 9.84 Å². The van der Waals surface area contributed by atoms with Gasteiger partial charge in [-0.05, 0) is 30.2 Å². The van der Waals surface area contributed by atoms with E-state index in [-0.39, 0.29) is 23.9 Å². The number of aliphatic imine (C=N–C) groups is 1. The van der Waals surface area contributed by atoms with E-state index in [0.717, 1.165) is 12.1 Å². The molecule has 2 aromatic rings. The number of fused-ring (bicyclic) bond motifs is 1. The van der Waals surface area contributed by atoms with E-state index in [1.165, 1.54) is 6.07 Å². The van der Waals surface area contributed by atoms with Gasteiger partial charge in [-0.1, -0.05) is 25.1 Å². The third-order valence-electron chi connectivity index (χ3n) is 4.77. The maximum atomic E-state index is 13.9. The zero-order valence-electron chi connectivity index (χ0n) is 17.6. The second-order valence-electron chi connectivity index (χ2n) is 7.07. The van der Waals surface area contributed by atoms with Crippen LogP contribution in [0.3, 0.4) is 0 Å². The SMILES string of the molecule is CCS(=O)(=O)CCN=C(NCCc1ccccc1F)Nc1ccc2c(c1)OCCCO2. The van der Waals surface area contributed by atoms with Crippen molar-refractivity contribution < 1.29 is 22.3 Å². The van der Waals surface area contributed by atoms with E-state index >= 15 is 0 Å². The van der Waals surface area contributed by atoms with Gasteiger partial charge in [0.05, 0.1) is 25.5 Å². The Kier molecular flexibility index (Phi) is 8.11. The first-order valence-electron chi connectivity index (χ1n) is 10.4. The Hall–Kier alpha value is -2.81. The molecule has 0 aromatic heterocycles. The van der Waals surface area contributed by atoms with Crippen LogP contribution >= 0.6 is 0 Å². The zero-order valence-corrected chi connectivity index (χ0v) is 18.4. The second kappa shape index (κ2) is 11.0. The fourth-order valence-electron chi connectivity index (χ4n) is 2.97. The molecular weight excluding hydrogens is 421 g/mol. The van der Waals surface area contributed by atoms with Gasteiger partial charge in [-0.2, -0.15) is 0 Å². The summed E-state index contributed by atoms with van der Waals surface area (Å²) in [7, 11) is -3.12. The highest BCUT2D eigenvalue weighted by molar-refractivity contribution is 7.91. The monoisotopic (exact) mass is 449 g/mol. The first-order valence-corrected chi connectivity index (χ1v) is 12.2. The second-order valence-corrected chi connectivity index (χ2v) is 9.54. The lowest BCUT2D eigenvalue weighted by atomic mass is 10.1. The van der Waals surface area contributed by atoms with Gasteiger partial charge in [0.2, 0.25) is 0 Å². The summed E-state index contributed by atoms with van der Waals surface area (Å²) in [6.45, 7) is 3.35. The standard InChI is InChI=1S/C22H28FN3O4S/c1-2-31(27,28)15-12-25-22(24-11-10-17-6-3-4-7-19(17)23)26-18-8-9-20-21(16-18)30-14-5-13-29-20/h3-4,6-9,16H,2,5,10-15H2,1H3,(H2,24,25,26). The lowest BCUT2D eigenvalue weighted by Gasteiger charge is -2.15. The molecule has 0 amide bonds. The summed E-state index contributed by atoms with van der Waals surface area (Å²) in [6.07, 6.45) is 1.27. The van der Waals surface area contributed by atoms with Crippen LogP contribution in [-0.4, -0.2) is 52.2 Å². The van der Waals surface area contributed by atoms with Crippen molar-refractivity contribution in [2.24, 2.45) is 4.99 Å². The third-order valence-corrected chi connectivity index (χ3v) is 6.45. The minimum absolute atomic E-state index is 0.0369. The van der Waals surface area contributed by atoms with Crippen molar-refractivity contribution in [3.8, 4) is 11.5 Å². The number of hydrogen-bond donors (Lipinski definition) is 2. The summed E-state index contributed by atoms with van der Waals surface area (Å²) in [4.78, 5) is 4.39. The first-order chi connectivity index (χ1) is 15.0. The molecule has 0 bridgehead atoms. The van der Waals surface area contributed by atoms with Crippen LogP contribution in [0.4, 0.5) is 10.1 Å². The Morgan fingerprint density at radius 1 is 1.13 bits per heavy atom. The van der Waals surface area contributed by atoms with E-state index in [4.69, 9.17) is 9.47 Å². The molecule has 0 atom stereocenters. The van der Waals surface area contributed by atoms with E-state index in [1.54, 1.807) is 25.1 Å². The molecule has 7 nitrogen and oxygen atoms in total. The van der Waals surface area contributed by atoms with Crippen LogP contribution in [0.1, 0.15) is 18.9 Å². The maximum absolute atomic E-state index is 13.9. The minimum Gasteiger partial charge on any atom is -0.490 e. The van der Waals surface area contributed by atoms with Crippen LogP contribution in [0.25, 0.3) is 0 Å². The van der Waals surface area contributed by atoms with Gasteiger partial charge >= 0.3 is 0 Å². The molecule has 1 aliphatic heterocycles. The molecule has 2 N–H and O–H groups in total. The van der Waals surface area contributed by atoms with Crippen molar-refractivity contribution in [2.45, 2.75) is 19.8 Å². The summed E-state index contributed by atoms with van der Waals surface area (Å²) in [5.74, 6) is 1.52. The van der Waals surface area contributed by atoms with E-state index in [0.29, 0.717) is 49.2 Å². The minimum atomic E-state index is -3.12. The van der Waals surface area contributed by atoms with Gasteiger partial charge in [0.25, 0.3) is 0 Å². The average molecular weight is 450 g/mol. The van der Waals surface area contributed by atoms with Crippen LogP contribution < -0.4 is 20.1 Å². The number of guanidine groups is 1. The van der Waals surface area contributed by atoms with Crippen molar-refractivity contribution in [1.82, 2.24) is 5.32 Å². The highest BCUT2D eigenvalue weighted by atomic mass is 32.2. The molecule has 1 heterocycles. The van der Waals surface area contributed by atoms with Crippen LogP contribution in [0, 0.1) is 5.82 Å². The average Bonchev–Trinajstić information content (AvgIpc) is 3.00. The molecular formula is C22H28FN3O4S. The molecule has 0 spiro atoms. The summed E-state index contributed by atoms with van der Waals surface area (Å²) in [6, 6.07) is 12.1. The maximum Gasteiger partial charge on any atom is 0.195 e. The van der Waals surface area contributed by atoms with E-state index in [2.05, 4.69) is 15.6 Å². The first kappa shape index (κ1) is 22.9. The number of nitrogens with one attached hydrogen (secondary N) is 2. The molecule has 3 rings (SSSR count). The Morgan fingerprint density at radius 3 is 2.68 bits per heavy atom. The molecule has 0 fully saturated rings. The topological polar surface area (TPSA) is 89.0 Å². The summed E-state index contributed by atoms with van der Waals surface area (Å²) < 4.78 is 48.8. The Labute approximate surface area is 182 Å². The van der Waals surface area contributed by atoms with Gasteiger partial charge in [-0.15, -0.1) is 0 Å². The molecule has 0 saturated heterocycles. The third kappa shape index (κ3) is 7.13. The largest absolute Gasteiger partial charge is 0.490 e. The predicted molar refractivity (Wildman–Crippen MR) is 120 cm³/mol. The number of nitrogens with zero attached hydrogens (tertiary/aromatic N) is 1. The van der Waals surface area contributed by atoms with Crippen LogP contribution in [0.15, 0.2) is 47.5 Å². The number of hydrogen-bond acceptors (Lipinski definition) is 5. The van der Waals surface area contributed by atoms with Crippen molar-refractivity contribution in [3.05, 3.63) is 53.8 Å². The van der Waals surface area contributed by atoms with Crippen LogP contribution in [-0.2, 0) is 16.3 Å². The van der Waals surface area contributed by atoms with Crippen molar-refractivity contribution in [3.63, 3.8) is 0 Å².